The molecule has 2 aliphatic rings. The average Bonchev–Trinajstić information content (AvgIpc) is 2.88. The summed E-state index contributed by atoms with van der Waals surface area (Å²) >= 11 is 0. The van der Waals surface area contributed by atoms with E-state index in [0.717, 1.165) is 37.9 Å². The predicted octanol–water partition coefficient (Wildman–Crippen LogP) is 3.66. The first-order valence-electron chi connectivity index (χ1n) is 12.0. The topological polar surface area (TPSA) is 69.7 Å². The number of hydrogen-bond acceptors (Lipinski definition) is 3. The van der Waals surface area contributed by atoms with Gasteiger partial charge < -0.3 is 15.1 Å². The zero-order valence-electron chi connectivity index (χ0n) is 19.3. The van der Waals surface area contributed by atoms with E-state index in [9.17, 15) is 14.4 Å². The number of piperidine rings is 2. The minimum atomic E-state index is -0.564. The van der Waals surface area contributed by atoms with Crippen LogP contribution in [-0.2, 0) is 4.79 Å². The monoisotopic (exact) mass is 447 g/mol. The molecule has 3 amide bonds. The molecule has 0 radical (unpaired) electrons. The van der Waals surface area contributed by atoms with Crippen LogP contribution in [0.15, 0.2) is 54.6 Å². The molecule has 33 heavy (non-hydrogen) atoms. The van der Waals surface area contributed by atoms with Crippen molar-refractivity contribution in [2.24, 2.45) is 5.92 Å². The van der Waals surface area contributed by atoms with Gasteiger partial charge in [-0.2, -0.15) is 0 Å². The first-order valence-corrected chi connectivity index (χ1v) is 12.0. The number of aryl methyl sites for hydroxylation is 1. The van der Waals surface area contributed by atoms with Gasteiger partial charge in [-0.25, -0.2) is 0 Å². The van der Waals surface area contributed by atoms with Crippen LogP contribution >= 0.6 is 0 Å². The Labute approximate surface area is 196 Å². The lowest BCUT2D eigenvalue weighted by atomic mass is 9.87. The number of likely N-dealkylation sites (tertiary alicyclic amines) is 2. The molecule has 0 aliphatic carbocycles. The van der Waals surface area contributed by atoms with Gasteiger partial charge in [-0.1, -0.05) is 35.9 Å². The van der Waals surface area contributed by atoms with Crippen LogP contribution in [-0.4, -0.2) is 59.7 Å². The second-order valence-corrected chi connectivity index (χ2v) is 9.20. The molecule has 6 heteroatoms. The lowest BCUT2D eigenvalue weighted by Gasteiger charge is -2.38. The fourth-order valence-corrected chi connectivity index (χ4v) is 4.82. The minimum Gasteiger partial charge on any atom is -0.341 e. The fraction of sp³-hybridized carbons (Fsp3) is 0.444. The zero-order valence-corrected chi connectivity index (χ0v) is 19.3. The molecule has 2 aromatic carbocycles. The number of hydrogen-bond donors (Lipinski definition) is 1. The molecule has 1 atom stereocenters. The maximum atomic E-state index is 13.5. The molecule has 2 aliphatic heterocycles. The third-order valence-electron chi connectivity index (χ3n) is 6.85. The Kier molecular flexibility index (Phi) is 7.43. The van der Waals surface area contributed by atoms with Gasteiger partial charge in [-0.05, 0) is 69.2 Å². The third-order valence-corrected chi connectivity index (χ3v) is 6.85. The van der Waals surface area contributed by atoms with Gasteiger partial charge in [0.1, 0.15) is 6.04 Å². The Morgan fingerprint density at radius 2 is 1.42 bits per heavy atom. The summed E-state index contributed by atoms with van der Waals surface area (Å²) in [6, 6.07) is 16.2. The summed E-state index contributed by atoms with van der Waals surface area (Å²) < 4.78 is 0. The highest BCUT2D eigenvalue weighted by molar-refractivity contribution is 5.98. The van der Waals surface area contributed by atoms with Gasteiger partial charge in [0.05, 0.1) is 0 Å². The van der Waals surface area contributed by atoms with E-state index in [2.05, 4.69) is 5.32 Å². The molecule has 2 fully saturated rings. The SMILES string of the molecule is Cc1ccc(C(=O)N[C@@H](C(=O)N2CCCCC2)C2CCN(C(=O)c3ccccc3)CC2)cc1. The highest BCUT2D eigenvalue weighted by atomic mass is 16.2. The van der Waals surface area contributed by atoms with E-state index in [4.69, 9.17) is 0 Å². The van der Waals surface area contributed by atoms with Crippen LogP contribution in [0.5, 0.6) is 0 Å². The van der Waals surface area contributed by atoms with Crippen molar-refractivity contribution in [3.8, 4) is 0 Å². The van der Waals surface area contributed by atoms with Crippen molar-refractivity contribution in [2.45, 2.75) is 45.1 Å². The van der Waals surface area contributed by atoms with Crippen LogP contribution in [0.25, 0.3) is 0 Å². The van der Waals surface area contributed by atoms with E-state index in [1.54, 1.807) is 12.1 Å². The van der Waals surface area contributed by atoms with Crippen molar-refractivity contribution in [1.29, 1.82) is 0 Å². The second kappa shape index (κ2) is 10.6. The maximum Gasteiger partial charge on any atom is 0.253 e. The lowest BCUT2D eigenvalue weighted by Crippen LogP contribution is -2.55. The second-order valence-electron chi connectivity index (χ2n) is 9.20. The molecular weight excluding hydrogens is 414 g/mol. The average molecular weight is 448 g/mol. The number of rotatable bonds is 5. The van der Waals surface area contributed by atoms with E-state index in [-0.39, 0.29) is 23.6 Å². The van der Waals surface area contributed by atoms with Crippen LogP contribution in [0.4, 0.5) is 0 Å². The quantitative estimate of drug-likeness (QED) is 0.761. The number of carbonyl (C=O) groups is 3. The summed E-state index contributed by atoms with van der Waals surface area (Å²) in [6.07, 6.45) is 4.54. The Hall–Kier alpha value is -3.15. The first kappa shape index (κ1) is 23.0. The molecule has 1 N–H and O–H groups in total. The first-order chi connectivity index (χ1) is 16.0. The summed E-state index contributed by atoms with van der Waals surface area (Å²) in [5.41, 5.74) is 2.33. The van der Waals surface area contributed by atoms with E-state index >= 15 is 0 Å². The predicted molar refractivity (Wildman–Crippen MR) is 128 cm³/mol. The van der Waals surface area contributed by atoms with Crippen molar-refractivity contribution < 1.29 is 14.4 Å². The van der Waals surface area contributed by atoms with Gasteiger partial charge in [0, 0.05) is 37.3 Å². The Balaban J connectivity index is 1.46. The highest BCUT2D eigenvalue weighted by Gasteiger charge is 2.36. The Bertz CT molecular complexity index is 960. The van der Waals surface area contributed by atoms with Crippen molar-refractivity contribution in [3.63, 3.8) is 0 Å². The zero-order chi connectivity index (χ0) is 23.2. The van der Waals surface area contributed by atoms with Crippen molar-refractivity contribution >= 4 is 17.7 Å². The number of carbonyl (C=O) groups excluding carboxylic acids is 3. The molecule has 2 saturated heterocycles. The fourth-order valence-electron chi connectivity index (χ4n) is 4.82. The molecule has 0 spiro atoms. The smallest absolute Gasteiger partial charge is 0.253 e. The van der Waals surface area contributed by atoms with Crippen LogP contribution in [0.3, 0.4) is 0 Å². The third kappa shape index (κ3) is 5.62. The minimum absolute atomic E-state index is 0.00801. The molecule has 2 aromatic rings. The van der Waals surface area contributed by atoms with Gasteiger partial charge in [0.15, 0.2) is 0 Å². The summed E-state index contributed by atoms with van der Waals surface area (Å²) in [4.78, 5) is 43.1. The van der Waals surface area contributed by atoms with Gasteiger partial charge >= 0.3 is 0 Å². The molecule has 174 valence electrons. The summed E-state index contributed by atoms with van der Waals surface area (Å²) in [5.74, 6) is -0.165. The molecule has 2 heterocycles. The Morgan fingerprint density at radius 1 is 0.788 bits per heavy atom. The summed E-state index contributed by atoms with van der Waals surface area (Å²) in [6.45, 7) is 4.65. The lowest BCUT2D eigenvalue weighted by molar-refractivity contribution is -0.136. The van der Waals surface area contributed by atoms with Crippen molar-refractivity contribution in [1.82, 2.24) is 15.1 Å². The number of nitrogens with one attached hydrogen (secondary N) is 1. The summed E-state index contributed by atoms with van der Waals surface area (Å²) in [5, 5.41) is 3.06. The largest absolute Gasteiger partial charge is 0.341 e. The van der Waals surface area contributed by atoms with E-state index in [0.29, 0.717) is 37.1 Å². The molecule has 6 nitrogen and oxygen atoms in total. The molecule has 4 rings (SSSR count). The van der Waals surface area contributed by atoms with E-state index in [1.807, 2.05) is 59.2 Å². The molecule has 0 saturated carbocycles. The van der Waals surface area contributed by atoms with Gasteiger partial charge in [0.25, 0.3) is 11.8 Å². The molecule has 0 aromatic heterocycles. The van der Waals surface area contributed by atoms with E-state index < -0.39 is 6.04 Å². The molecular formula is C27H33N3O3. The highest BCUT2D eigenvalue weighted by Crippen LogP contribution is 2.25. The van der Waals surface area contributed by atoms with Gasteiger partial charge in [-0.3, -0.25) is 14.4 Å². The van der Waals surface area contributed by atoms with Crippen LogP contribution in [0, 0.1) is 12.8 Å². The van der Waals surface area contributed by atoms with Crippen LogP contribution in [0.2, 0.25) is 0 Å². The number of amides is 3. The van der Waals surface area contributed by atoms with Gasteiger partial charge in [-0.15, -0.1) is 0 Å². The normalized spacial score (nSPS) is 18.0. The number of nitrogens with zero attached hydrogens (tertiary/aromatic N) is 2. The summed E-state index contributed by atoms with van der Waals surface area (Å²) in [7, 11) is 0. The maximum absolute atomic E-state index is 13.5. The van der Waals surface area contributed by atoms with Gasteiger partial charge in [0.2, 0.25) is 5.91 Å². The number of benzene rings is 2. The van der Waals surface area contributed by atoms with Crippen molar-refractivity contribution in [2.75, 3.05) is 26.2 Å². The molecule has 0 unspecified atom stereocenters. The van der Waals surface area contributed by atoms with Crippen LogP contribution in [0.1, 0.15) is 58.4 Å². The van der Waals surface area contributed by atoms with Crippen molar-refractivity contribution in [3.05, 3.63) is 71.3 Å². The standard InChI is InChI=1S/C27H33N3O3/c1-20-10-12-22(13-11-20)25(31)28-24(27(33)29-16-6-3-7-17-29)21-14-18-30(19-15-21)26(32)23-8-4-2-5-9-23/h2,4-5,8-13,21,24H,3,6-7,14-19H2,1H3,(H,28,31)/t24-/m1/s1. The Morgan fingerprint density at radius 3 is 2.06 bits per heavy atom. The molecule has 0 bridgehead atoms. The van der Waals surface area contributed by atoms with E-state index in [1.165, 1.54) is 0 Å². The van der Waals surface area contributed by atoms with Crippen LogP contribution < -0.4 is 5.32 Å².